The summed E-state index contributed by atoms with van der Waals surface area (Å²) < 4.78 is 0. The minimum absolute atomic E-state index is 0.192. The minimum atomic E-state index is -1.26. The number of hydrogen-bond acceptors (Lipinski definition) is 6. The van der Waals surface area contributed by atoms with Crippen LogP contribution in [0.15, 0.2) is 29.8 Å². The molecule has 0 aromatic heterocycles. The summed E-state index contributed by atoms with van der Waals surface area (Å²) in [5, 5.41) is 22.6. The molecule has 0 aliphatic heterocycles. The van der Waals surface area contributed by atoms with Crippen LogP contribution in [0.25, 0.3) is 5.76 Å². The number of nitrogens with zero attached hydrogens (tertiary/aromatic N) is 1. The molecule has 3 N–H and O–H groups in total. The highest BCUT2D eigenvalue weighted by Crippen LogP contribution is 2.27. The third kappa shape index (κ3) is 7.40. The van der Waals surface area contributed by atoms with Crippen molar-refractivity contribution in [3.63, 3.8) is 0 Å². The highest BCUT2D eigenvalue weighted by molar-refractivity contribution is 6.16. The molecule has 0 atom stereocenters. The molecule has 0 heterocycles. The molecule has 1 aromatic rings. The Balaban J connectivity index is 2.91. The standard InChI is InChI=1S/C20H28N2O6/c1-3-4-5-6-9-12-28-22(2)17-11-8-7-10-15(17)19(26)16(14-23)20(27)21-13-18(24)25/h7-8,10-11,14,26H,3-6,9,12-13H2,1-2H3,(H,21,27)(H,24,25)/b19-16-. The van der Waals surface area contributed by atoms with Gasteiger partial charge in [0.25, 0.3) is 5.91 Å². The number of nitrogens with one attached hydrogen (secondary N) is 1. The number of aliphatic hydroxyl groups excluding tert-OH is 1. The number of aliphatic carboxylic acids is 1. The first-order valence-corrected chi connectivity index (χ1v) is 9.26. The number of carboxylic acid groups (broad SMARTS) is 1. The molecule has 154 valence electrons. The Labute approximate surface area is 164 Å². The Morgan fingerprint density at radius 3 is 2.46 bits per heavy atom. The van der Waals surface area contributed by atoms with E-state index in [1.54, 1.807) is 31.3 Å². The summed E-state index contributed by atoms with van der Waals surface area (Å²) >= 11 is 0. The molecular weight excluding hydrogens is 364 g/mol. The van der Waals surface area contributed by atoms with Gasteiger partial charge < -0.3 is 15.5 Å². The number of hydroxylamine groups is 1. The molecule has 0 saturated heterocycles. The number of benzene rings is 1. The second-order valence-corrected chi connectivity index (χ2v) is 6.22. The van der Waals surface area contributed by atoms with Crippen molar-refractivity contribution in [2.45, 2.75) is 39.0 Å². The van der Waals surface area contributed by atoms with E-state index in [0.717, 1.165) is 19.3 Å². The topological polar surface area (TPSA) is 116 Å². The first kappa shape index (κ1) is 23.2. The number of hydrogen-bond donors (Lipinski definition) is 3. The second-order valence-electron chi connectivity index (χ2n) is 6.22. The van der Waals surface area contributed by atoms with Crippen molar-refractivity contribution in [1.29, 1.82) is 0 Å². The van der Waals surface area contributed by atoms with Crippen LogP contribution in [-0.4, -0.2) is 48.6 Å². The molecule has 1 amide bonds. The first-order chi connectivity index (χ1) is 13.4. The van der Waals surface area contributed by atoms with E-state index in [4.69, 9.17) is 9.94 Å². The third-order valence-electron chi connectivity index (χ3n) is 4.05. The summed E-state index contributed by atoms with van der Waals surface area (Å²) in [6.07, 6.45) is 5.66. The summed E-state index contributed by atoms with van der Waals surface area (Å²) in [6.45, 7) is 1.99. The fourth-order valence-corrected chi connectivity index (χ4v) is 2.54. The molecule has 0 aliphatic carbocycles. The molecule has 1 aromatic carbocycles. The van der Waals surface area contributed by atoms with E-state index in [1.165, 1.54) is 17.9 Å². The van der Waals surface area contributed by atoms with Gasteiger partial charge in [-0.3, -0.25) is 24.3 Å². The van der Waals surface area contributed by atoms with Gasteiger partial charge in [-0.1, -0.05) is 44.7 Å². The smallest absolute Gasteiger partial charge is 0.322 e. The predicted octanol–water partition coefficient (Wildman–Crippen LogP) is 2.69. The summed E-state index contributed by atoms with van der Waals surface area (Å²) in [5.74, 6) is -2.78. The molecule has 0 unspecified atom stereocenters. The maximum absolute atomic E-state index is 12.0. The highest BCUT2D eigenvalue weighted by atomic mass is 16.7. The van der Waals surface area contributed by atoms with E-state index in [2.05, 4.69) is 12.2 Å². The number of unbranched alkanes of at least 4 members (excludes halogenated alkanes) is 4. The van der Waals surface area contributed by atoms with Gasteiger partial charge in [0.15, 0.2) is 6.29 Å². The van der Waals surface area contributed by atoms with Crippen LogP contribution in [0.2, 0.25) is 0 Å². The van der Waals surface area contributed by atoms with Gasteiger partial charge >= 0.3 is 5.97 Å². The molecule has 8 heteroatoms. The summed E-state index contributed by atoms with van der Waals surface area (Å²) in [7, 11) is 1.67. The number of rotatable bonds is 13. The molecular formula is C20H28N2O6. The van der Waals surface area contributed by atoms with Crippen LogP contribution >= 0.6 is 0 Å². The molecule has 0 fully saturated rings. The van der Waals surface area contributed by atoms with Crippen LogP contribution in [0.3, 0.4) is 0 Å². The average molecular weight is 392 g/mol. The Bertz CT molecular complexity index is 702. The number of aliphatic hydroxyl groups is 1. The molecule has 0 saturated carbocycles. The van der Waals surface area contributed by atoms with Crippen LogP contribution in [-0.2, 0) is 19.2 Å². The third-order valence-corrected chi connectivity index (χ3v) is 4.05. The monoisotopic (exact) mass is 392 g/mol. The number of anilines is 1. The van der Waals surface area contributed by atoms with Crippen molar-refractivity contribution >= 4 is 29.6 Å². The van der Waals surface area contributed by atoms with Gasteiger partial charge in [-0.05, 0) is 18.6 Å². The van der Waals surface area contributed by atoms with Gasteiger partial charge in [0.1, 0.15) is 17.9 Å². The van der Waals surface area contributed by atoms with Crippen LogP contribution in [0.5, 0.6) is 0 Å². The molecule has 1 rings (SSSR count). The maximum atomic E-state index is 12.0. The Kier molecular flexibility index (Phi) is 10.3. The predicted molar refractivity (Wildman–Crippen MR) is 106 cm³/mol. The van der Waals surface area contributed by atoms with E-state index in [9.17, 15) is 19.5 Å². The van der Waals surface area contributed by atoms with Crippen LogP contribution in [0.4, 0.5) is 5.69 Å². The zero-order valence-corrected chi connectivity index (χ0v) is 16.3. The highest BCUT2D eigenvalue weighted by Gasteiger charge is 2.20. The summed E-state index contributed by atoms with van der Waals surface area (Å²) in [6, 6.07) is 6.60. The fraction of sp³-hybridized carbons (Fsp3) is 0.450. The van der Waals surface area contributed by atoms with Crippen molar-refractivity contribution in [2.75, 3.05) is 25.3 Å². The quantitative estimate of drug-likeness (QED) is 0.0899. The molecule has 0 spiro atoms. The summed E-state index contributed by atoms with van der Waals surface area (Å²) in [4.78, 5) is 39.6. The molecule has 8 nitrogen and oxygen atoms in total. The fourth-order valence-electron chi connectivity index (χ4n) is 2.54. The van der Waals surface area contributed by atoms with Crippen LogP contribution in [0.1, 0.15) is 44.6 Å². The van der Waals surface area contributed by atoms with Crippen molar-refractivity contribution < 1.29 is 29.4 Å². The van der Waals surface area contributed by atoms with Gasteiger partial charge in [0.05, 0.1) is 12.3 Å². The van der Waals surface area contributed by atoms with E-state index < -0.39 is 29.8 Å². The van der Waals surface area contributed by atoms with Crippen molar-refractivity contribution in [2.24, 2.45) is 0 Å². The first-order valence-electron chi connectivity index (χ1n) is 9.26. The summed E-state index contributed by atoms with van der Waals surface area (Å²) in [5.41, 5.74) is 0.143. The molecule has 0 radical (unpaired) electrons. The van der Waals surface area contributed by atoms with Gasteiger partial charge in [-0.25, -0.2) is 0 Å². The molecule has 0 bridgehead atoms. The van der Waals surface area contributed by atoms with Gasteiger partial charge in [0.2, 0.25) is 0 Å². The van der Waals surface area contributed by atoms with Crippen LogP contribution < -0.4 is 10.4 Å². The number of para-hydroxylation sites is 1. The largest absolute Gasteiger partial charge is 0.506 e. The Morgan fingerprint density at radius 2 is 1.82 bits per heavy atom. The number of amides is 1. The van der Waals surface area contributed by atoms with Crippen molar-refractivity contribution in [3.8, 4) is 0 Å². The molecule has 0 aliphatic rings. The van der Waals surface area contributed by atoms with Crippen LogP contribution in [0, 0.1) is 0 Å². The number of aldehydes is 1. The van der Waals surface area contributed by atoms with Crippen molar-refractivity contribution in [1.82, 2.24) is 5.32 Å². The van der Waals surface area contributed by atoms with E-state index >= 15 is 0 Å². The van der Waals surface area contributed by atoms with E-state index in [-0.39, 0.29) is 11.8 Å². The minimum Gasteiger partial charge on any atom is -0.506 e. The van der Waals surface area contributed by atoms with E-state index in [0.29, 0.717) is 12.3 Å². The van der Waals surface area contributed by atoms with Gasteiger partial charge in [-0.2, -0.15) is 0 Å². The Morgan fingerprint density at radius 1 is 1.14 bits per heavy atom. The zero-order valence-electron chi connectivity index (χ0n) is 16.3. The number of carboxylic acids is 1. The lowest BCUT2D eigenvalue weighted by molar-refractivity contribution is -0.137. The van der Waals surface area contributed by atoms with Crippen molar-refractivity contribution in [3.05, 3.63) is 35.4 Å². The zero-order chi connectivity index (χ0) is 20.9. The lowest BCUT2D eigenvalue weighted by Crippen LogP contribution is -2.31. The molecule has 28 heavy (non-hydrogen) atoms. The lowest BCUT2D eigenvalue weighted by Gasteiger charge is -2.22. The number of carbonyl (C=O) groups is 3. The van der Waals surface area contributed by atoms with E-state index in [1.807, 2.05) is 0 Å². The second kappa shape index (κ2) is 12.5. The van der Waals surface area contributed by atoms with Gasteiger partial charge in [0, 0.05) is 12.6 Å². The average Bonchev–Trinajstić information content (AvgIpc) is 2.69. The normalized spacial score (nSPS) is 11.5. The lowest BCUT2D eigenvalue weighted by atomic mass is 10.1. The number of carbonyl (C=O) groups excluding carboxylic acids is 2. The van der Waals surface area contributed by atoms with Gasteiger partial charge in [-0.15, -0.1) is 0 Å². The SMILES string of the molecule is CCCCCCCON(C)c1ccccc1/C(O)=C(\C=O)C(=O)NCC(=O)O. The maximum Gasteiger partial charge on any atom is 0.322 e. The Hall–Kier alpha value is -2.87.